The van der Waals surface area contributed by atoms with Gasteiger partial charge in [0.15, 0.2) is 0 Å². The smallest absolute Gasteiger partial charge is 0.242 e. The van der Waals surface area contributed by atoms with E-state index in [0.29, 0.717) is 16.6 Å². The summed E-state index contributed by atoms with van der Waals surface area (Å²) in [5.74, 6) is 0. The minimum Gasteiger partial charge on any atom is -0.381 e. The van der Waals surface area contributed by atoms with Gasteiger partial charge in [0.2, 0.25) is 10.0 Å². The number of hydrogen-bond acceptors (Lipinski definition) is 3. The summed E-state index contributed by atoms with van der Waals surface area (Å²) in [6, 6.07) is 7.35. The summed E-state index contributed by atoms with van der Waals surface area (Å²) in [7, 11) is -1.98. The number of unbranched alkanes of at least 4 members (excludes halogenated alkanes) is 1. The Morgan fingerprint density at radius 3 is 2.47 bits per heavy atom. The highest BCUT2D eigenvalue weighted by Crippen LogP contribution is 2.22. The lowest BCUT2D eigenvalue weighted by molar-refractivity contribution is 0.583. The zero-order valence-corrected chi connectivity index (χ0v) is 12.8. The number of benzene rings is 1. The first-order valence-corrected chi connectivity index (χ1v) is 8.32. The number of sulfonamides is 1. The molecule has 4 nitrogen and oxygen atoms in total. The molecule has 2 N–H and O–H groups in total. The van der Waals surface area contributed by atoms with Gasteiger partial charge in [-0.2, -0.15) is 0 Å². The van der Waals surface area contributed by atoms with Gasteiger partial charge in [0.05, 0.1) is 5.69 Å². The van der Waals surface area contributed by atoms with Gasteiger partial charge in [-0.15, -0.1) is 0 Å². The highest BCUT2D eigenvalue weighted by molar-refractivity contribution is 7.89. The van der Waals surface area contributed by atoms with Gasteiger partial charge in [-0.3, -0.25) is 0 Å². The predicted octanol–water partition coefficient (Wildman–Crippen LogP) is 2.98. The second-order valence-corrected chi connectivity index (χ2v) is 6.45. The SMILES string of the molecule is CCCCC(CC)Nc1ccccc1S(=O)(=O)NC. The van der Waals surface area contributed by atoms with Gasteiger partial charge < -0.3 is 5.32 Å². The maximum atomic E-state index is 12.0. The molecule has 0 spiro atoms. The van der Waals surface area contributed by atoms with Crippen molar-refractivity contribution in [2.75, 3.05) is 12.4 Å². The van der Waals surface area contributed by atoms with Gasteiger partial charge in [-0.25, -0.2) is 13.1 Å². The number of anilines is 1. The van der Waals surface area contributed by atoms with Crippen LogP contribution < -0.4 is 10.0 Å². The lowest BCUT2D eigenvalue weighted by atomic mass is 10.1. The lowest BCUT2D eigenvalue weighted by Gasteiger charge is -2.20. The van der Waals surface area contributed by atoms with Crippen LogP contribution in [-0.4, -0.2) is 21.5 Å². The fourth-order valence-electron chi connectivity index (χ4n) is 1.98. The Morgan fingerprint density at radius 1 is 1.21 bits per heavy atom. The molecule has 0 aliphatic heterocycles. The molecule has 5 heteroatoms. The van der Waals surface area contributed by atoms with Crippen molar-refractivity contribution < 1.29 is 8.42 Å². The molecule has 1 atom stereocenters. The molecule has 0 amide bonds. The molecule has 0 saturated heterocycles. The summed E-state index contributed by atoms with van der Waals surface area (Å²) in [6.07, 6.45) is 4.33. The van der Waals surface area contributed by atoms with E-state index in [4.69, 9.17) is 0 Å². The zero-order chi connectivity index (χ0) is 14.3. The molecule has 1 aromatic carbocycles. The molecule has 0 aliphatic rings. The van der Waals surface area contributed by atoms with Crippen LogP contribution in [0.4, 0.5) is 5.69 Å². The van der Waals surface area contributed by atoms with Crippen LogP contribution in [0.2, 0.25) is 0 Å². The first-order chi connectivity index (χ1) is 9.05. The molecule has 1 aromatic rings. The van der Waals surface area contributed by atoms with Crippen LogP contribution in [-0.2, 0) is 10.0 Å². The van der Waals surface area contributed by atoms with Crippen LogP contribution in [0, 0.1) is 0 Å². The molecule has 0 aliphatic carbocycles. The summed E-state index contributed by atoms with van der Waals surface area (Å²) < 4.78 is 26.3. The predicted molar refractivity (Wildman–Crippen MR) is 79.9 cm³/mol. The average molecular weight is 284 g/mol. The first kappa shape index (κ1) is 16.0. The molecule has 108 valence electrons. The molecule has 0 bridgehead atoms. The normalized spacial score (nSPS) is 13.2. The zero-order valence-electron chi connectivity index (χ0n) is 11.9. The van der Waals surface area contributed by atoms with Crippen molar-refractivity contribution >= 4 is 15.7 Å². The van der Waals surface area contributed by atoms with E-state index in [-0.39, 0.29) is 0 Å². The molecule has 1 unspecified atom stereocenters. The average Bonchev–Trinajstić information content (AvgIpc) is 2.43. The van der Waals surface area contributed by atoms with Crippen molar-refractivity contribution in [2.24, 2.45) is 0 Å². The van der Waals surface area contributed by atoms with E-state index in [9.17, 15) is 8.42 Å². The summed E-state index contributed by atoms with van der Waals surface area (Å²) in [6.45, 7) is 4.27. The van der Waals surface area contributed by atoms with Crippen molar-refractivity contribution in [3.05, 3.63) is 24.3 Å². The fourth-order valence-corrected chi connectivity index (χ4v) is 2.87. The first-order valence-electron chi connectivity index (χ1n) is 6.84. The Balaban J connectivity index is 2.94. The van der Waals surface area contributed by atoms with E-state index in [1.165, 1.54) is 7.05 Å². The summed E-state index contributed by atoms with van der Waals surface area (Å²) in [4.78, 5) is 0.312. The molecule has 0 fully saturated rings. The maximum Gasteiger partial charge on any atom is 0.242 e. The highest BCUT2D eigenvalue weighted by atomic mass is 32.2. The molecule has 0 heterocycles. The molecule has 0 saturated carbocycles. The van der Waals surface area contributed by atoms with E-state index in [0.717, 1.165) is 25.7 Å². The monoisotopic (exact) mass is 284 g/mol. The van der Waals surface area contributed by atoms with Crippen molar-refractivity contribution in [1.82, 2.24) is 4.72 Å². The van der Waals surface area contributed by atoms with Crippen LogP contribution in [0.15, 0.2) is 29.2 Å². The topological polar surface area (TPSA) is 58.2 Å². The quantitative estimate of drug-likeness (QED) is 0.771. The van der Waals surface area contributed by atoms with Gasteiger partial charge in [-0.05, 0) is 32.0 Å². The highest BCUT2D eigenvalue weighted by Gasteiger charge is 2.17. The van der Waals surface area contributed by atoms with Crippen LogP contribution in [0.25, 0.3) is 0 Å². The van der Waals surface area contributed by atoms with E-state index in [1.807, 2.05) is 12.1 Å². The van der Waals surface area contributed by atoms with Gasteiger partial charge in [-0.1, -0.05) is 38.8 Å². The third-order valence-electron chi connectivity index (χ3n) is 3.20. The van der Waals surface area contributed by atoms with Crippen molar-refractivity contribution in [2.45, 2.75) is 50.5 Å². The minimum absolute atomic E-state index is 0.312. The standard InChI is InChI=1S/C14H24N2O2S/c1-4-6-9-12(5-2)16-13-10-7-8-11-14(13)19(17,18)15-3/h7-8,10-12,15-16H,4-6,9H2,1-3H3. The van der Waals surface area contributed by atoms with E-state index < -0.39 is 10.0 Å². The third-order valence-corrected chi connectivity index (χ3v) is 4.68. The second kappa shape index (κ2) is 7.50. The molecular formula is C14H24N2O2S. The van der Waals surface area contributed by atoms with Crippen molar-refractivity contribution in [3.8, 4) is 0 Å². The van der Waals surface area contributed by atoms with E-state index in [1.54, 1.807) is 12.1 Å². The Kier molecular flexibility index (Phi) is 6.31. The van der Waals surface area contributed by atoms with E-state index in [2.05, 4.69) is 23.9 Å². The fraction of sp³-hybridized carbons (Fsp3) is 0.571. The van der Waals surface area contributed by atoms with Gasteiger partial charge in [0.1, 0.15) is 4.90 Å². The van der Waals surface area contributed by atoms with Crippen LogP contribution in [0.1, 0.15) is 39.5 Å². The van der Waals surface area contributed by atoms with Crippen LogP contribution >= 0.6 is 0 Å². The summed E-state index contributed by atoms with van der Waals surface area (Å²) in [5, 5.41) is 3.35. The Hall–Kier alpha value is -1.07. The minimum atomic E-state index is -3.42. The Labute approximate surface area is 116 Å². The van der Waals surface area contributed by atoms with E-state index >= 15 is 0 Å². The second-order valence-electron chi connectivity index (χ2n) is 4.60. The molecule has 0 radical (unpaired) electrons. The van der Waals surface area contributed by atoms with Crippen molar-refractivity contribution in [3.63, 3.8) is 0 Å². The Morgan fingerprint density at radius 2 is 1.89 bits per heavy atom. The van der Waals surface area contributed by atoms with Crippen molar-refractivity contribution in [1.29, 1.82) is 0 Å². The van der Waals surface area contributed by atoms with Gasteiger partial charge >= 0.3 is 0 Å². The number of rotatable bonds is 8. The summed E-state index contributed by atoms with van der Waals surface area (Å²) in [5.41, 5.74) is 0.680. The summed E-state index contributed by atoms with van der Waals surface area (Å²) >= 11 is 0. The molecule has 1 rings (SSSR count). The third kappa shape index (κ3) is 4.51. The number of para-hydroxylation sites is 1. The molecule has 0 aromatic heterocycles. The van der Waals surface area contributed by atoms with Gasteiger partial charge in [0, 0.05) is 6.04 Å². The molecule has 19 heavy (non-hydrogen) atoms. The van der Waals surface area contributed by atoms with Crippen LogP contribution in [0.5, 0.6) is 0 Å². The number of hydrogen-bond donors (Lipinski definition) is 2. The lowest BCUT2D eigenvalue weighted by Crippen LogP contribution is -2.23. The number of nitrogens with one attached hydrogen (secondary N) is 2. The maximum absolute atomic E-state index is 12.0. The largest absolute Gasteiger partial charge is 0.381 e. The molecular weight excluding hydrogens is 260 g/mol. The Bertz CT molecular complexity index is 486. The van der Waals surface area contributed by atoms with Gasteiger partial charge in [0.25, 0.3) is 0 Å². The van der Waals surface area contributed by atoms with Crippen LogP contribution in [0.3, 0.4) is 0 Å².